The predicted molar refractivity (Wildman–Crippen MR) is 133 cm³/mol. The van der Waals surface area contributed by atoms with Crippen LogP contribution < -0.4 is 15.0 Å². The third-order valence-electron chi connectivity index (χ3n) is 6.22. The van der Waals surface area contributed by atoms with Crippen molar-refractivity contribution in [2.24, 2.45) is 0 Å². The molecule has 2 atom stereocenters. The van der Waals surface area contributed by atoms with Crippen LogP contribution in [0.3, 0.4) is 0 Å². The first-order valence-electron chi connectivity index (χ1n) is 10.8. The van der Waals surface area contributed by atoms with Crippen LogP contribution in [0.2, 0.25) is 0 Å². The highest BCUT2D eigenvalue weighted by molar-refractivity contribution is 9.10. The Morgan fingerprint density at radius 2 is 1.67 bits per heavy atom. The maximum atomic E-state index is 6.65. The highest BCUT2D eigenvalue weighted by atomic mass is 79.9. The van der Waals surface area contributed by atoms with Crippen LogP contribution in [-0.2, 0) is 0 Å². The summed E-state index contributed by atoms with van der Waals surface area (Å²) in [6.45, 7) is 0. The van der Waals surface area contributed by atoms with E-state index in [1.807, 2.05) is 37.0 Å². The molecule has 0 aliphatic carbocycles. The van der Waals surface area contributed by atoms with Gasteiger partial charge in [0.05, 0.1) is 5.70 Å². The number of ether oxygens (including phenoxy) is 1. The highest BCUT2D eigenvalue weighted by Crippen LogP contribution is 2.50. The molecule has 6 nitrogen and oxygen atoms in total. The second-order valence-electron chi connectivity index (χ2n) is 8.42. The minimum atomic E-state index is -0.272. The Morgan fingerprint density at radius 3 is 2.42 bits per heavy atom. The molecule has 0 saturated carbocycles. The number of anilines is 2. The molecule has 0 saturated heterocycles. The molecular formula is C26H22BrN5O. The molecule has 1 N–H and O–H groups in total. The predicted octanol–water partition coefficient (Wildman–Crippen LogP) is 5.67. The summed E-state index contributed by atoms with van der Waals surface area (Å²) < 4.78 is 9.64. The second-order valence-corrected chi connectivity index (χ2v) is 9.33. The molecular weight excluding hydrogens is 478 g/mol. The molecule has 2 aliphatic rings. The van der Waals surface area contributed by atoms with Crippen molar-refractivity contribution in [3.63, 3.8) is 0 Å². The van der Waals surface area contributed by atoms with E-state index < -0.39 is 0 Å². The molecule has 0 radical (unpaired) electrons. The van der Waals surface area contributed by atoms with Crippen molar-refractivity contribution >= 4 is 33.3 Å². The molecule has 3 heterocycles. The van der Waals surface area contributed by atoms with E-state index in [2.05, 4.69) is 90.8 Å². The topological polar surface area (TPSA) is 55.2 Å². The number of fused-ring (bicyclic) bond motifs is 3. The highest BCUT2D eigenvalue weighted by Gasteiger charge is 2.40. The van der Waals surface area contributed by atoms with Crippen LogP contribution in [0.1, 0.15) is 28.8 Å². The van der Waals surface area contributed by atoms with Crippen molar-refractivity contribution in [1.82, 2.24) is 14.8 Å². The number of benzene rings is 3. The lowest BCUT2D eigenvalue weighted by atomic mass is 9.84. The molecule has 3 aromatic carbocycles. The van der Waals surface area contributed by atoms with Gasteiger partial charge in [-0.05, 0) is 47.5 Å². The van der Waals surface area contributed by atoms with E-state index in [1.54, 1.807) is 6.33 Å². The average molecular weight is 500 g/mol. The lowest BCUT2D eigenvalue weighted by molar-refractivity contribution is 0.223. The van der Waals surface area contributed by atoms with E-state index in [0.717, 1.165) is 49.8 Å². The van der Waals surface area contributed by atoms with Gasteiger partial charge in [0.15, 0.2) is 0 Å². The number of hydrogen-bond donors (Lipinski definition) is 1. The summed E-state index contributed by atoms with van der Waals surface area (Å²) in [6.07, 6.45) is 1.33. The van der Waals surface area contributed by atoms with Gasteiger partial charge in [0.2, 0.25) is 5.95 Å². The standard InChI is InChI=1S/C26H22BrN5O/c1-31(2)19-13-9-16(10-14-19)24-22-23(30-26-28-15-29-32(24)26)20-5-3-4-6-21(20)33-25(22)17-7-11-18(27)12-8-17/h3-15,24-25H,1-2H3,(H,28,29,30). The first-order valence-corrected chi connectivity index (χ1v) is 11.6. The molecule has 2 aliphatic heterocycles. The van der Waals surface area contributed by atoms with Crippen molar-refractivity contribution in [2.75, 3.05) is 24.3 Å². The Hall–Kier alpha value is -3.58. The summed E-state index contributed by atoms with van der Waals surface area (Å²) in [6, 6.07) is 24.9. The van der Waals surface area contributed by atoms with Crippen LogP contribution in [0.5, 0.6) is 5.75 Å². The molecule has 0 fully saturated rings. The van der Waals surface area contributed by atoms with Gasteiger partial charge in [-0.2, -0.15) is 10.1 Å². The number of rotatable bonds is 3. The maximum Gasteiger partial charge on any atom is 0.226 e. The summed E-state index contributed by atoms with van der Waals surface area (Å²) in [4.78, 5) is 6.60. The summed E-state index contributed by atoms with van der Waals surface area (Å²) in [5.41, 5.74) is 6.55. The van der Waals surface area contributed by atoms with Crippen LogP contribution in [0.15, 0.2) is 89.2 Å². The van der Waals surface area contributed by atoms with Gasteiger partial charge in [0.1, 0.15) is 24.2 Å². The Morgan fingerprint density at radius 1 is 0.939 bits per heavy atom. The van der Waals surface area contributed by atoms with Crippen LogP contribution in [0.4, 0.5) is 11.6 Å². The minimum Gasteiger partial charge on any atom is -0.480 e. The van der Waals surface area contributed by atoms with E-state index in [-0.39, 0.29) is 12.1 Å². The zero-order valence-corrected chi connectivity index (χ0v) is 19.8. The second kappa shape index (κ2) is 7.78. The lowest BCUT2D eigenvalue weighted by Gasteiger charge is -2.39. The van der Waals surface area contributed by atoms with E-state index in [0.29, 0.717) is 0 Å². The zero-order valence-electron chi connectivity index (χ0n) is 18.2. The fourth-order valence-electron chi connectivity index (χ4n) is 4.61. The van der Waals surface area contributed by atoms with Crippen molar-refractivity contribution in [2.45, 2.75) is 12.1 Å². The number of nitrogens with zero attached hydrogens (tertiary/aromatic N) is 4. The summed E-state index contributed by atoms with van der Waals surface area (Å²) in [7, 11) is 4.09. The van der Waals surface area contributed by atoms with Gasteiger partial charge in [-0.15, -0.1) is 0 Å². The Balaban J connectivity index is 1.59. The van der Waals surface area contributed by atoms with Crippen LogP contribution in [0, 0.1) is 0 Å². The number of hydrogen-bond acceptors (Lipinski definition) is 5. The number of aromatic nitrogens is 3. The van der Waals surface area contributed by atoms with E-state index >= 15 is 0 Å². The average Bonchev–Trinajstić information content (AvgIpc) is 3.31. The Kier molecular flexibility index (Phi) is 4.73. The molecule has 33 heavy (non-hydrogen) atoms. The van der Waals surface area contributed by atoms with E-state index in [1.165, 1.54) is 0 Å². The van der Waals surface area contributed by atoms with Gasteiger partial charge in [0, 0.05) is 35.4 Å². The van der Waals surface area contributed by atoms with Crippen molar-refractivity contribution in [3.8, 4) is 5.75 Å². The van der Waals surface area contributed by atoms with Gasteiger partial charge in [-0.3, -0.25) is 0 Å². The summed E-state index contributed by atoms with van der Waals surface area (Å²) in [5.74, 6) is 1.58. The fraction of sp³-hybridized carbons (Fsp3) is 0.154. The molecule has 1 aromatic heterocycles. The van der Waals surface area contributed by atoms with Crippen LogP contribution in [0.25, 0.3) is 5.70 Å². The molecule has 164 valence electrons. The van der Waals surface area contributed by atoms with Gasteiger partial charge >= 0.3 is 0 Å². The third kappa shape index (κ3) is 3.31. The fourth-order valence-corrected chi connectivity index (χ4v) is 4.87. The molecule has 0 spiro atoms. The number of nitrogens with one attached hydrogen (secondary N) is 1. The first-order chi connectivity index (χ1) is 16.1. The Labute approximate surface area is 200 Å². The molecule has 0 amide bonds. The Bertz CT molecular complexity index is 1360. The normalized spacial score (nSPS) is 18.5. The molecule has 7 heteroatoms. The molecule has 2 unspecified atom stereocenters. The van der Waals surface area contributed by atoms with E-state index in [9.17, 15) is 0 Å². The van der Waals surface area contributed by atoms with Crippen LogP contribution in [-0.4, -0.2) is 28.9 Å². The van der Waals surface area contributed by atoms with Crippen molar-refractivity contribution in [3.05, 3.63) is 106 Å². The summed E-state index contributed by atoms with van der Waals surface area (Å²) >= 11 is 3.56. The van der Waals surface area contributed by atoms with Gasteiger partial charge in [-0.25, -0.2) is 4.68 Å². The third-order valence-corrected chi connectivity index (χ3v) is 6.75. The minimum absolute atomic E-state index is 0.156. The van der Waals surface area contributed by atoms with Gasteiger partial charge in [0.25, 0.3) is 0 Å². The van der Waals surface area contributed by atoms with E-state index in [4.69, 9.17) is 4.74 Å². The van der Waals surface area contributed by atoms with Crippen molar-refractivity contribution < 1.29 is 4.74 Å². The SMILES string of the molecule is CN(C)c1ccc(C2C3=C(Nc4ncnn42)c2ccccc2OC3c2ccc(Br)cc2)cc1. The van der Waals surface area contributed by atoms with Gasteiger partial charge in [-0.1, -0.05) is 52.3 Å². The summed E-state index contributed by atoms with van der Waals surface area (Å²) in [5, 5.41) is 8.14. The first kappa shape index (κ1) is 20.1. The van der Waals surface area contributed by atoms with Crippen molar-refractivity contribution in [1.29, 1.82) is 0 Å². The largest absolute Gasteiger partial charge is 0.480 e. The molecule has 6 rings (SSSR count). The number of halogens is 1. The molecule has 4 aromatic rings. The number of para-hydroxylation sites is 1. The lowest BCUT2D eigenvalue weighted by Crippen LogP contribution is -2.32. The van der Waals surface area contributed by atoms with Crippen LogP contribution >= 0.6 is 15.9 Å². The maximum absolute atomic E-state index is 6.65. The quantitative estimate of drug-likeness (QED) is 0.393. The van der Waals surface area contributed by atoms with Gasteiger partial charge < -0.3 is 15.0 Å². The smallest absolute Gasteiger partial charge is 0.226 e. The monoisotopic (exact) mass is 499 g/mol. The molecule has 0 bridgehead atoms. The zero-order chi connectivity index (χ0) is 22.5.